The Balaban J connectivity index is 2.50. The first-order chi connectivity index (χ1) is 6.63. The summed E-state index contributed by atoms with van der Waals surface area (Å²) in [5.41, 5.74) is 5.61. The lowest BCUT2D eigenvalue weighted by atomic mass is 10.2. The van der Waals surface area contributed by atoms with Crippen LogP contribution in [0.3, 0.4) is 0 Å². The SMILES string of the molecule is CC(CN)c1cnc(CCN(C)C)s1. The average molecular weight is 213 g/mol. The minimum atomic E-state index is 0.445. The Morgan fingerprint density at radius 3 is 2.86 bits per heavy atom. The van der Waals surface area contributed by atoms with Crippen LogP contribution in [0.4, 0.5) is 0 Å². The van der Waals surface area contributed by atoms with Crippen LogP contribution in [0.1, 0.15) is 22.7 Å². The highest BCUT2D eigenvalue weighted by Gasteiger charge is 2.08. The zero-order valence-corrected chi connectivity index (χ0v) is 9.97. The van der Waals surface area contributed by atoms with Gasteiger partial charge in [0.1, 0.15) is 0 Å². The second kappa shape index (κ2) is 5.44. The van der Waals surface area contributed by atoms with Crippen LogP contribution in [-0.4, -0.2) is 37.1 Å². The second-order valence-electron chi connectivity index (χ2n) is 3.85. The Kier molecular flexibility index (Phi) is 4.51. The minimum absolute atomic E-state index is 0.445. The van der Waals surface area contributed by atoms with E-state index in [2.05, 4.69) is 30.9 Å². The van der Waals surface area contributed by atoms with E-state index >= 15 is 0 Å². The van der Waals surface area contributed by atoms with Crippen molar-refractivity contribution in [3.63, 3.8) is 0 Å². The zero-order chi connectivity index (χ0) is 10.6. The molecule has 3 nitrogen and oxygen atoms in total. The van der Waals surface area contributed by atoms with Crippen LogP contribution in [0.5, 0.6) is 0 Å². The summed E-state index contributed by atoms with van der Waals surface area (Å²) in [7, 11) is 4.16. The van der Waals surface area contributed by atoms with Gasteiger partial charge in [-0.25, -0.2) is 4.98 Å². The molecule has 0 aliphatic heterocycles. The molecule has 2 N–H and O–H groups in total. The second-order valence-corrected chi connectivity index (χ2v) is 4.99. The van der Waals surface area contributed by atoms with E-state index < -0.39 is 0 Å². The van der Waals surface area contributed by atoms with Gasteiger partial charge in [0.25, 0.3) is 0 Å². The molecule has 1 aromatic rings. The van der Waals surface area contributed by atoms with E-state index in [1.165, 1.54) is 9.88 Å². The van der Waals surface area contributed by atoms with Crippen LogP contribution in [0.2, 0.25) is 0 Å². The molecule has 14 heavy (non-hydrogen) atoms. The standard InChI is InChI=1S/C10H19N3S/c1-8(6-11)9-7-12-10(14-9)4-5-13(2)3/h7-8H,4-6,11H2,1-3H3. The number of aromatic nitrogens is 1. The van der Waals surface area contributed by atoms with Crippen molar-refractivity contribution in [1.29, 1.82) is 0 Å². The van der Waals surface area contributed by atoms with E-state index in [1.807, 2.05) is 6.20 Å². The van der Waals surface area contributed by atoms with Crippen LogP contribution in [-0.2, 0) is 6.42 Å². The normalized spacial score (nSPS) is 13.5. The first-order valence-electron chi connectivity index (χ1n) is 4.93. The number of hydrogen-bond acceptors (Lipinski definition) is 4. The smallest absolute Gasteiger partial charge is 0.0940 e. The molecule has 0 aromatic carbocycles. The summed E-state index contributed by atoms with van der Waals surface area (Å²) in [6.45, 7) is 3.91. The Labute approximate surface area is 89.9 Å². The van der Waals surface area contributed by atoms with Gasteiger partial charge in [0.15, 0.2) is 0 Å². The lowest BCUT2D eigenvalue weighted by molar-refractivity contribution is 0.413. The third-order valence-corrected chi connectivity index (χ3v) is 3.47. The molecule has 0 saturated carbocycles. The fourth-order valence-corrected chi connectivity index (χ4v) is 2.08. The number of nitrogens with two attached hydrogens (primary N) is 1. The van der Waals surface area contributed by atoms with Crippen molar-refractivity contribution in [2.24, 2.45) is 5.73 Å². The largest absolute Gasteiger partial charge is 0.330 e. The summed E-state index contributed by atoms with van der Waals surface area (Å²) >= 11 is 1.79. The molecule has 80 valence electrons. The predicted molar refractivity (Wildman–Crippen MR) is 61.8 cm³/mol. The molecule has 0 amide bonds. The molecule has 0 bridgehead atoms. The van der Waals surface area contributed by atoms with Crippen LogP contribution in [0, 0.1) is 0 Å². The molecule has 0 spiro atoms. The number of nitrogens with zero attached hydrogens (tertiary/aromatic N) is 2. The monoisotopic (exact) mass is 213 g/mol. The van der Waals surface area contributed by atoms with E-state index in [9.17, 15) is 0 Å². The summed E-state index contributed by atoms with van der Waals surface area (Å²) in [5, 5.41) is 1.22. The van der Waals surface area contributed by atoms with Gasteiger partial charge < -0.3 is 10.6 Å². The molecule has 0 aliphatic carbocycles. The van der Waals surface area contributed by atoms with Crippen molar-refractivity contribution in [3.8, 4) is 0 Å². The Bertz CT molecular complexity index is 270. The number of likely N-dealkylation sites (N-methyl/N-ethyl adjacent to an activating group) is 1. The Morgan fingerprint density at radius 1 is 1.57 bits per heavy atom. The molecule has 0 aliphatic rings. The molecular weight excluding hydrogens is 194 g/mol. The molecule has 0 radical (unpaired) electrons. The predicted octanol–water partition coefficient (Wildman–Crippen LogP) is 1.31. The molecule has 1 heterocycles. The maximum Gasteiger partial charge on any atom is 0.0940 e. The summed E-state index contributed by atoms with van der Waals surface area (Å²) in [6, 6.07) is 0. The molecule has 1 aromatic heterocycles. The fraction of sp³-hybridized carbons (Fsp3) is 0.700. The van der Waals surface area contributed by atoms with Gasteiger partial charge in [-0.15, -0.1) is 11.3 Å². The van der Waals surface area contributed by atoms with Gasteiger partial charge in [-0.2, -0.15) is 0 Å². The lowest BCUT2D eigenvalue weighted by Crippen LogP contribution is -2.14. The minimum Gasteiger partial charge on any atom is -0.330 e. The van der Waals surface area contributed by atoms with Crippen LogP contribution in [0.25, 0.3) is 0 Å². The molecule has 0 saturated heterocycles. The van der Waals surface area contributed by atoms with E-state index in [4.69, 9.17) is 5.73 Å². The fourth-order valence-electron chi connectivity index (χ4n) is 1.10. The molecule has 0 fully saturated rings. The van der Waals surface area contributed by atoms with E-state index in [-0.39, 0.29) is 0 Å². The summed E-state index contributed by atoms with van der Waals surface area (Å²) in [4.78, 5) is 7.87. The van der Waals surface area contributed by atoms with Gasteiger partial charge >= 0.3 is 0 Å². The van der Waals surface area contributed by atoms with E-state index in [1.54, 1.807) is 11.3 Å². The lowest BCUT2D eigenvalue weighted by Gasteiger charge is -2.06. The van der Waals surface area contributed by atoms with Crippen molar-refractivity contribution in [2.75, 3.05) is 27.2 Å². The Hall–Kier alpha value is -0.450. The van der Waals surface area contributed by atoms with Crippen molar-refractivity contribution < 1.29 is 0 Å². The average Bonchev–Trinajstić information content (AvgIpc) is 2.62. The van der Waals surface area contributed by atoms with Crippen molar-refractivity contribution in [2.45, 2.75) is 19.3 Å². The molecule has 1 atom stereocenters. The van der Waals surface area contributed by atoms with Gasteiger partial charge in [-0.05, 0) is 20.6 Å². The van der Waals surface area contributed by atoms with Gasteiger partial charge in [0.2, 0.25) is 0 Å². The van der Waals surface area contributed by atoms with Gasteiger partial charge in [0, 0.05) is 30.0 Å². The van der Waals surface area contributed by atoms with Gasteiger partial charge in [0.05, 0.1) is 5.01 Å². The topological polar surface area (TPSA) is 42.1 Å². The highest BCUT2D eigenvalue weighted by molar-refractivity contribution is 7.11. The van der Waals surface area contributed by atoms with Crippen LogP contribution < -0.4 is 5.73 Å². The first kappa shape index (κ1) is 11.6. The first-order valence-corrected chi connectivity index (χ1v) is 5.74. The maximum absolute atomic E-state index is 5.61. The summed E-state index contributed by atoms with van der Waals surface area (Å²) in [6.07, 6.45) is 3.00. The summed E-state index contributed by atoms with van der Waals surface area (Å²) < 4.78 is 0. The number of hydrogen-bond donors (Lipinski definition) is 1. The van der Waals surface area contributed by atoms with Gasteiger partial charge in [-0.1, -0.05) is 6.92 Å². The highest BCUT2D eigenvalue weighted by atomic mass is 32.1. The zero-order valence-electron chi connectivity index (χ0n) is 9.16. The van der Waals surface area contributed by atoms with Gasteiger partial charge in [-0.3, -0.25) is 0 Å². The van der Waals surface area contributed by atoms with Crippen LogP contribution >= 0.6 is 11.3 Å². The van der Waals surface area contributed by atoms with E-state index in [0.29, 0.717) is 12.5 Å². The van der Waals surface area contributed by atoms with Crippen molar-refractivity contribution in [1.82, 2.24) is 9.88 Å². The molecule has 1 rings (SSSR count). The molecule has 4 heteroatoms. The van der Waals surface area contributed by atoms with Crippen LogP contribution in [0.15, 0.2) is 6.20 Å². The summed E-state index contributed by atoms with van der Waals surface area (Å²) in [5.74, 6) is 0.445. The quantitative estimate of drug-likeness (QED) is 0.802. The number of thiazole rings is 1. The van der Waals surface area contributed by atoms with E-state index in [0.717, 1.165) is 13.0 Å². The third-order valence-electron chi connectivity index (χ3n) is 2.18. The maximum atomic E-state index is 5.61. The molecular formula is C10H19N3S. The van der Waals surface area contributed by atoms with Crippen molar-refractivity contribution in [3.05, 3.63) is 16.1 Å². The van der Waals surface area contributed by atoms with Crippen molar-refractivity contribution >= 4 is 11.3 Å². The third kappa shape index (κ3) is 3.36. The highest BCUT2D eigenvalue weighted by Crippen LogP contribution is 2.21. The number of rotatable bonds is 5. The molecule has 1 unspecified atom stereocenters. The Morgan fingerprint density at radius 2 is 2.29 bits per heavy atom.